The predicted octanol–water partition coefficient (Wildman–Crippen LogP) is 3.68. The molecule has 2 aromatic carbocycles. The number of carbonyl (C=O) groups is 1. The van der Waals surface area contributed by atoms with E-state index in [0.29, 0.717) is 47.8 Å². The van der Waals surface area contributed by atoms with Gasteiger partial charge in [0.1, 0.15) is 12.4 Å². The molecule has 10 heteroatoms. The average Bonchev–Trinajstić information content (AvgIpc) is 3.18. The van der Waals surface area contributed by atoms with E-state index in [1.165, 1.54) is 23.0 Å². The number of phenols is 1. The van der Waals surface area contributed by atoms with E-state index in [2.05, 4.69) is 11.6 Å². The van der Waals surface area contributed by atoms with Crippen LogP contribution in [0.5, 0.6) is 17.2 Å². The van der Waals surface area contributed by atoms with Gasteiger partial charge in [-0.05, 0) is 77.9 Å². The number of nitrogens with zero attached hydrogens (tertiary/aromatic N) is 2. The van der Waals surface area contributed by atoms with Crippen molar-refractivity contribution in [3.63, 3.8) is 0 Å². The number of aromatic hydroxyl groups is 1. The summed E-state index contributed by atoms with van der Waals surface area (Å²) in [6, 6.07) is 9.92. The Morgan fingerprint density at radius 2 is 2.03 bits per heavy atom. The summed E-state index contributed by atoms with van der Waals surface area (Å²) in [6.07, 6.45) is 3.38. The van der Waals surface area contributed by atoms with Crippen LogP contribution in [0.15, 0.2) is 70.1 Å². The molecule has 0 fully saturated rings. The average molecular weight is 632 g/mol. The summed E-state index contributed by atoms with van der Waals surface area (Å²) in [5.74, 6) is 0.470. The fraction of sp³-hybridized carbons (Fsp3) is 0.222. The molecule has 0 saturated heterocycles. The van der Waals surface area contributed by atoms with Crippen LogP contribution >= 0.6 is 33.9 Å². The Morgan fingerprint density at radius 3 is 2.68 bits per heavy atom. The van der Waals surface area contributed by atoms with Crippen molar-refractivity contribution in [1.29, 1.82) is 0 Å². The lowest BCUT2D eigenvalue weighted by Gasteiger charge is -2.24. The van der Waals surface area contributed by atoms with E-state index >= 15 is 0 Å². The predicted molar refractivity (Wildman–Crippen MR) is 150 cm³/mol. The smallest absolute Gasteiger partial charge is 0.338 e. The molecule has 0 unspecified atom stereocenters. The lowest BCUT2D eigenvalue weighted by atomic mass is 9.96. The van der Waals surface area contributed by atoms with E-state index in [4.69, 9.17) is 14.2 Å². The number of benzene rings is 2. The summed E-state index contributed by atoms with van der Waals surface area (Å²) in [4.78, 5) is 31.8. The van der Waals surface area contributed by atoms with Crippen LogP contribution in [0.1, 0.15) is 31.0 Å². The van der Waals surface area contributed by atoms with Crippen molar-refractivity contribution in [2.24, 2.45) is 4.99 Å². The fourth-order valence-corrected chi connectivity index (χ4v) is 5.66. The number of methoxy groups -OCH3 is 1. The second-order valence-corrected chi connectivity index (χ2v) is 10.2. The summed E-state index contributed by atoms with van der Waals surface area (Å²) in [6.45, 7) is 7.69. The Morgan fingerprint density at radius 1 is 1.30 bits per heavy atom. The molecule has 2 heterocycles. The first kappa shape index (κ1) is 26.7. The van der Waals surface area contributed by atoms with E-state index in [9.17, 15) is 14.7 Å². The third-order valence-electron chi connectivity index (χ3n) is 5.65. The Hall–Kier alpha value is -3.38. The molecule has 37 heavy (non-hydrogen) atoms. The van der Waals surface area contributed by atoms with E-state index in [1.54, 1.807) is 50.3 Å². The molecule has 1 aliphatic heterocycles. The number of halogens is 1. The molecule has 1 aromatic heterocycles. The summed E-state index contributed by atoms with van der Waals surface area (Å²) in [5, 5.41) is 10.2. The largest absolute Gasteiger partial charge is 0.504 e. The molecule has 0 amide bonds. The standard InChI is InChI=1S/C27H25IN2O6S/c1-5-11-36-18-9-7-17(8-10-18)23-22(26(33)35-6-2)15(3)29-27-30(23)25(32)21(37-27)14-16-12-19(28)24(31)20(13-16)34-4/h5,7-10,12-14,23,31H,1,6,11H2,2-4H3/b21-14-/t23-/m1/s1. The summed E-state index contributed by atoms with van der Waals surface area (Å²) < 4.78 is 18.7. The monoisotopic (exact) mass is 632 g/mol. The number of carbonyl (C=O) groups excluding carboxylic acids is 1. The number of hydrogen-bond donors (Lipinski definition) is 1. The number of rotatable bonds is 8. The molecular formula is C27H25IN2O6S. The van der Waals surface area contributed by atoms with Gasteiger partial charge < -0.3 is 19.3 Å². The van der Waals surface area contributed by atoms with Crippen molar-refractivity contribution in [2.75, 3.05) is 20.3 Å². The van der Waals surface area contributed by atoms with E-state index < -0.39 is 12.0 Å². The minimum atomic E-state index is -0.722. The van der Waals surface area contributed by atoms with Crippen LogP contribution in [0.2, 0.25) is 0 Å². The molecule has 3 aromatic rings. The normalized spacial score (nSPS) is 15.1. The van der Waals surface area contributed by atoms with E-state index in [0.717, 1.165) is 5.56 Å². The number of ether oxygens (including phenoxy) is 3. The summed E-state index contributed by atoms with van der Waals surface area (Å²) >= 11 is 3.23. The van der Waals surface area contributed by atoms with E-state index in [1.807, 2.05) is 34.7 Å². The molecule has 1 atom stereocenters. The van der Waals surface area contributed by atoms with Gasteiger partial charge >= 0.3 is 5.97 Å². The van der Waals surface area contributed by atoms with Gasteiger partial charge in [-0.1, -0.05) is 36.1 Å². The zero-order chi connectivity index (χ0) is 26.7. The Kier molecular flexibility index (Phi) is 8.18. The quantitative estimate of drug-likeness (QED) is 0.231. The molecule has 0 aliphatic carbocycles. The minimum absolute atomic E-state index is 0.0388. The van der Waals surface area contributed by atoms with Crippen molar-refractivity contribution in [3.05, 3.63) is 94.7 Å². The SMILES string of the molecule is C=CCOc1ccc([C@@H]2C(C(=O)OCC)=C(C)N=c3s/c(=C\c4cc(I)c(O)c(OC)c4)c(=O)n32)cc1. The van der Waals surface area contributed by atoms with Gasteiger partial charge in [0.2, 0.25) is 0 Å². The lowest BCUT2D eigenvalue weighted by Crippen LogP contribution is -2.39. The van der Waals surface area contributed by atoms with Gasteiger partial charge in [0, 0.05) is 0 Å². The van der Waals surface area contributed by atoms with Crippen LogP contribution in [0.25, 0.3) is 6.08 Å². The third kappa shape index (κ3) is 5.35. The van der Waals surface area contributed by atoms with Crippen molar-refractivity contribution in [3.8, 4) is 17.2 Å². The maximum atomic E-state index is 13.7. The van der Waals surface area contributed by atoms with Crippen LogP contribution in [0.3, 0.4) is 0 Å². The molecular weight excluding hydrogens is 607 g/mol. The maximum Gasteiger partial charge on any atom is 0.338 e. The minimum Gasteiger partial charge on any atom is -0.504 e. The summed E-state index contributed by atoms with van der Waals surface area (Å²) in [5.41, 5.74) is 1.91. The van der Waals surface area contributed by atoms with Gasteiger partial charge in [0.05, 0.1) is 39.1 Å². The highest BCUT2D eigenvalue weighted by atomic mass is 127. The zero-order valence-electron chi connectivity index (χ0n) is 20.5. The molecule has 4 rings (SSSR count). The number of fused-ring (bicyclic) bond motifs is 1. The van der Waals surface area contributed by atoms with Crippen LogP contribution in [-0.4, -0.2) is 36.0 Å². The fourth-order valence-electron chi connectivity index (χ4n) is 3.99. The first-order valence-electron chi connectivity index (χ1n) is 11.4. The van der Waals surface area contributed by atoms with Gasteiger partial charge in [-0.15, -0.1) is 0 Å². The molecule has 192 valence electrons. The van der Waals surface area contributed by atoms with Gasteiger partial charge in [-0.25, -0.2) is 9.79 Å². The highest BCUT2D eigenvalue weighted by Gasteiger charge is 2.33. The highest BCUT2D eigenvalue weighted by molar-refractivity contribution is 14.1. The molecule has 8 nitrogen and oxygen atoms in total. The zero-order valence-corrected chi connectivity index (χ0v) is 23.5. The number of phenolic OH excluding ortho intramolecular Hbond substituents is 1. The maximum absolute atomic E-state index is 13.7. The topological polar surface area (TPSA) is 99.4 Å². The van der Waals surface area contributed by atoms with Crippen LogP contribution < -0.4 is 24.4 Å². The first-order valence-corrected chi connectivity index (χ1v) is 13.3. The van der Waals surface area contributed by atoms with Crippen LogP contribution in [-0.2, 0) is 9.53 Å². The van der Waals surface area contributed by atoms with Crippen molar-refractivity contribution in [2.45, 2.75) is 19.9 Å². The molecule has 0 radical (unpaired) electrons. The number of thiazole rings is 1. The second kappa shape index (κ2) is 11.3. The Balaban J connectivity index is 1.90. The second-order valence-electron chi connectivity index (χ2n) is 8.02. The molecule has 0 saturated carbocycles. The van der Waals surface area contributed by atoms with Gasteiger partial charge in [0.15, 0.2) is 16.3 Å². The molecule has 0 spiro atoms. The number of hydrogen-bond acceptors (Lipinski definition) is 8. The lowest BCUT2D eigenvalue weighted by molar-refractivity contribution is -0.139. The van der Waals surface area contributed by atoms with Crippen molar-refractivity contribution in [1.82, 2.24) is 4.57 Å². The van der Waals surface area contributed by atoms with Crippen LogP contribution in [0.4, 0.5) is 0 Å². The highest BCUT2D eigenvalue weighted by Crippen LogP contribution is 2.33. The molecule has 1 aliphatic rings. The van der Waals surface area contributed by atoms with Crippen LogP contribution in [0, 0.1) is 3.57 Å². The summed E-state index contributed by atoms with van der Waals surface area (Å²) in [7, 11) is 1.47. The Bertz CT molecular complexity index is 1570. The Labute approximate surface area is 231 Å². The number of allylic oxidation sites excluding steroid dienone is 1. The molecule has 0 bridgehead atoms. The number of esters is 1. The van der Waals surface area contributed by atoms with Gasteiger partial charge in [-0.2, -0.15) is 0 Å². The third-order valence-corrected chi connectivity index (χ3v) is 7.45. The first-order chi connectivity index (χ1) is 17.8. The van der Waals surface area contributed by atoms with Crippen molar-refractivity contribution < 1.29 is 24.1 Å². The van der Waals surface area contributed by atoms with Gasteiger partial charge in [-0.3, -0.25) is 9.36 Å². The van der Waals surface area contributed by atoms with Gasteiger partial charge in [0.25, 0.3) is 5.56 Å². The van der Waals surface area contributed by atoms with E-state index in [-0.39, 0.29) is 17.9 Å². The number of aromatic nitrogens is 1. The van der Waals surface area contributed by atoms with Crippen molar-refractivity contribution >= 4 is 46.0 Å². The molecule has 1 N–H and O–H groups in total.